The molecule has 1 saturated carbocycles. The van der Waals surface area contributed by atoms with Gasteiger partial charge in [-0.15, -0.1) is 5.10 Å². The van der Waals surface area contributed by atoms with Gasteiger partial charge in [0.2, 0.25) is 5.91 Å². The first-order valence-corrected chi connectivity index (χ1v) is 6.91. The fraction of sp³-hybridized carbons (Fsp3) is 0.538. The van der Waals surface area contributed by atoms with E-state index in [1.165, 1.54) is 0 Å². The monoisotopic (exact) mass is 274 g/mol. The van der Waals surface area contributed by atoms with Gasteiger partial charge in [0.1, 0.15) is 6.33 Å². The van der Waals surface area contributed by atoms with E-state index in [-0.39, 0.29) is 5.91 Å². The maximum absolute atomic E-state index is 11.9. The zero-order valence-electron chi connectivity index (χ0n) is 11.2. The maximum Gasteiger partial charge on any atom is 0.244 e. The number of rotatable bonds is 5. The molecule has 0 bridgehead atoms. The Kier molecular flexibility index (Phi) is 3.87. The second-order valence-electron chi connectivity index (χ2n) is 5.27. The van der Waals surface area contributed by atoms with Crippen LogP contribution in [0.3, 0.4) is 0 Å². The van der Waals surface area contributed by atoms with Crippen molar-refractivity contribution in [2.45, 2.75) is 31.8 Å². The lowest BCUT2D eigenvalue weighted by Gasteiger charge is -2.13. The number of tetrazole rings is 1. The highest BCUT2D eigenvalue weighted by Crippen LogP contribution is 2.26. The fourth-order valence-corrected chi connectivity index (χ4v) is 2.78. The van der Waals surface area contributed by atoms with Crippen LogP contribution in [-0.4, -0.2) is 43.3 Å². The predicted octanol–water partition coefficient (Wildman–Crippen LogP) is 0.573. The van der Waals surface area contributed by atoms with Crippen LogP contribution in [0.2, 0.25) is 0 Å². The summed E-state index contributed by atoms with van der Waals surface area (Å²) in [6, 6.07) is 4.13. The minimum atomic E-state index is 0.0823. The maximum atomic E-state index is 11.9. The van der Waals surface area contributed by atoms with Gasteiger partial charge in [-0.05, 0) is 47.7 Å². The number of aromatic nitrogens is 5. The van der Waals surface area contributed by atoms with Crippen molar-refractivity contribution in [1.82, 2.24) is 30.1 Å². The number of nitrogens with zero attached hydrogens (tertiary/aromatic N) is 5. The average Bonchev–Trinajstić information content (AvgIpc) is 3.19. The van der Waals surface area contributed by atoms with Crippen LogP contribution in [0.15, 0.2) is 30.9 Å². The van der Waals surface area contributed by atoms with Crippen molar-refractivity contribution in [1.29, 1.82) is 0 Å². The van der Waals surface area contributed by atoms with Gasteiger partial charge in [-0.1, -0.05) is 0 Å². The van der Waals surface area contributed by atoms with Crippen LogP contribution in [0.25, 0.3) is 0 Å². The molecule has 3 rings (SSSR count). The zero-order chi connectivity index (χ0) is 13.8. The van der Waals surface area contributed by atoms with Crippen molar-refractivity contribution in [2.75, 3.05) is 6.54 Å². The largest absolute Gasteiger partial charge is 0.306 e. The molecule has 7 nitrogen and oxygen atoms in total. The average molecular weight is 274 g/mol. The van der Waals surface area contributed by atoms with Gasteiger partial charge in [-0.2, -0.15) is 0 Å². The van der Waals surface area contributed by atoms with Crippen LogP contribution in [-0.2, 0) is 6.54 Å². The van der Waals surface area contributed by atoms with Gasteiger partial charge in [-0.3, -0.25) is 9.36 Å². The number of hydrogen-bond acceptors (Lipinski definition) is 5. The lowest BCUT2D eigenvalue weighted by Crippen LogP contribution is -2.34. The number of carbonyl (C=O) groups is 1. The molecule has 2 atom stereocenters. The summed E-state index contributed by atoms with van der Waals surface area (Å²) in [7, 11) is 0. The highest BCUT2D eigenvalue weighted by molar-refractivity contribution is 5.80. The lowest BCUT2D eigenvalue weighted by atomic mass is 10.1. The van der Waals surface area contributed by atoms with Gasteiger partial charge in [0.15, 0.2) is 0 Å². The zero-order valence-corrected chi connectivity index (χ0v) is 11.2. The molecular formula is C13H18N6O. The first-order valence-electron chi connectivity index (χ1n) is 6.91. The molecule has 2 unspecified atom stereocenters. The SMILES string of the molecule is O=C(CNC1CCC(Cn2cnnn2)C1)n1cccc1. The van der Waals surface area contributed by atoms with E-state index in [2.05, 4.69) is 20.8 Å². The van der Waals surface area contributed by atoms with E-state index in [1.54, 1.807) is 28.0 Å². The van der Waals surface area contributed by atoms with Crippen molar-refractivity contribution in [3.63, 3.8) is 0 Å². The van der Waals surface area contributed by atoms with Gasteiger partial charge in [-0.25, -0.2) is 4.68 Å². The Balaban J connectivity index is 1.43. The number of hydrogen-bond donors (Lipinski definition) is 1. The van der Waals surface area contributed by atoms with Gasteiger partial charge in [0.25, 0.3) is 0 Å². The highest BCUT2D eigenvalue weighted by Gasteiger charge is 2.25. The fourth-order valence-electron chi connectivity index (χ4n) is 2.78. The molecular weight excluding hydrogens is 256 g/mol. The predicted molar refractivity (Wildman–Crippen MR) is 72.0 cm³/mol. The molecule has 0 saturated heterocycles. The molecule has 0 aliphatic heterocycles. The van der Waals surface area contributed by atoms with E-state index >= 15 is 0 Å². The molecule has 106 valence electrons. The molecule has 0 amide bonds. The van der Waals surface area contributed by atoms with Crippen LogP contribution < -0.4 is 5.32 Å². The molecule has 0 radical (unpaired) electrons. The normalized spacial score (nSPS) is 22.2. The molecule has 0 aromatic carbocycles. The molecule has 1 N–H and O–H groups in total. The summed E-state index contributed by atoms with van der Waals surface area (Å²) in [6.07, 6.45) is 8.52. The highest BCUT2D eigenvalue weighted by atomic mass is 16.2. The minimum Gasteiger partial charge on any atom is -0.306 e. The van der Waals surface area contributed by atoms with E-state index in [4.69, 9.17) is 0 Å². The minimum absolute atomic E-state index is 0.0823. The molecule has 1 aliphatic rings. The van der Waals surface area contributed by atoms with Gasteiger partial charge < -0.3 is 5.32 Å². The van der Waals surface area contributed by atoms with Crippen molar-refractivity contribution in [3.8, 4) is 0 Å². The summed E-state index contributed by atoms with van der Waals surface area (Å²) in [5.74, 6) is 0.664. The second-order valence-corrected chi connectivity index (χ2v) is 5.27. The van der Waals surface area contributed by atoms with E-state index in [0.717, 1.165) is 25.8 Å². The van der Waals surface area contributed by atoms with Gasteiger partial charge in [0.05, 0.1) is 6.54 Å². The van der Waals surface area contributed by atoms with Crippen LogP contribution in [0, 0.1) is 5.92 Å². The molecule has 1 fully saturated rings. The smallest absolute Gasteiger partial charge is 0.244 e. The topological polar surface area (TPSA) is 77.6 Å². The van der Waals surface area contributed by atoms with Crippen LogP contribution in [0.4, 0.5) is 0 Å². The standard InChI is InChI=1S/C13H18N6O/c20-13(18-5-1-2-6-18)8-14-12-4-3-11(7-12)9-19-10-15-16-17-19/h1-2,5-6,10-12,14H,3-4,7-9H2. The van der Waals surface area contributed by atoms with Gasteiger partial charge >= 0.3 is 0 Å². The number of nitrogens with one attached hydrogen (secondary N) is 1. The molecule has 1 aliphatic carbocycles. The lowest BCUT2D eigenvalue weighted by molar-refractivity contribution is 0.0908. The van der Waals surface area contributed by atoms with Crippen molar-refractivity contribution in [2.24, 2.45) is 5.92 Å². The third-order valence-electron chi connectivity index (χ3n) is 3.81. The Hall–Kier alpha value is -2.02. The first-order chi connectivity index (χ1) is 9.81. The Labute approximate surface area is 117 Å². The quantitative estimate of drug-likeness (QED) is 0.862. The van der Waals surface area contributed by atoms with E-state index in [9.17, 15) is 4.79 Å². The van der Waals surface area contributed by atoms with Crippen LogP contribution in [0.5, 0.6) is 0 Å². The summed E-state index contributed by atoms with van der Waals surface area (Å²) < 4.78 is 3.39. The molecule has 2 aromatic heterocycles. The molecule has 20 heavy (non-hydrogen) atoms. The van der Waals surface area contributed by atoms with Crippen molar-refractivity contribution in [3.05, 3.63) is 30.9 Å². The summed E-state index contributed by atoms with van der Waals surface area (Å²) in [5.41, 5.74) is 0. The Bertz CT molecular complexity index is 535. The van der Waals surface area contributed by atoms with Crippen LogP contribution in [0.1, 0.15) is 24.1 Å². The summed E-state index contributed by atoms with van der Waals surface area (Å²) in [5, 5.41) is 14.5. The molecule has 2 heterocycles. The second kappa shape index (κ2) is 5.96. The molecule has 7 heteroatoms. The van der Waals surface area contributed by atoms with Crippen molar-refractivity contribution < 1.29 is 4.79 Å². The van der Waals surface area contributed by atoms with Crippen LogP contribution >= 0.6 is 0 Å². The molecule has 0 spiro atoms. The number of carbonyl (C=O) groups excluding carboxylic acids is 1. The summed E-state index contributed by atoms with van der Waals surface area (Å²) in [6.45, 7) is 1.24. The van der Waals surface area contributed by atoms with Gasteiger partial charge in [0, 0.05) is 25.0 Å². The van der Waals surface area contributed by atoms with E-state index in [0.29, 0.717) is 18.5 Å². The summed E-state index contributed by atoms with van der Waals surface area (Å²) >= 11 is 0. The Morgan fingerprint density at radius 3 is 2.90 bits per heavy atom. The third kappa shape index (κ3) is 3.11. The third-order valence-corrected chi connectivity index (χ3v) is 3.81. The Morgan fingerprint density at radius 1 is 1.30 bits per heavy atom. The van der Waals surface area contributed by atoms with E-state index in [1.807, 2.05) is 12.1 Å². The van der Waals surface area contributed by atoms with Crippen molar-refractivity contribution >= 4 is 5.91 Å². The van der Waals surface area contributed by atoms with E-state index < -0.39 is 0 Å². The first kappa shape index (κ1) is 13.0. The molecule has 2 aromatic rings. The Morgan fingerprint density at radius 2 is 2.15 bits per heavy atom. The summed E-state index contributed by atoms with van der Waals surface area (Å²) in [4.78, 5) is 11.9.